The first kappa shape index (κ1) is 15.4. The van der Waals surface area contributed by atoms with Gasteiger partial charge in [0.05, 0.1) is 6.10 Å². The van der Waals surface area contributed by atoms with Gasteiger partial charge in [-0.2, -0.15) is 0 Å². The van der Waals surface area contributed by atoms with Crippen LogP contribution >= 0.6 is 11.8 Å². The van der Waals surface area contributed by atoms with Crippen LogP contribution in [0.5, 0.6) is 0 Å². The Morgan fingerprint density at radius 1 is 1.45 bits per heavy atom. The number of hydrogen-bond donors (Lipinski definition) is 1. The van der Waals surface area contributed by atoms with Crippen molar-refractivity contribution < 1.29 is 9.53 Å². The summed E-state index contributed by atoms with van der Waals surface area (Å²) in [6, 6.07) is 7.82. The molecule has 1 aliphatic heterocycles. The lowest BCUT2D eigenvalue weighted by atomic mass is 9.98. The summed E-state index contributed by atoms with van der Waals surface area (Å²) in [4.78, 5) is 15.6. The number of likely N-dealkylation sites (tertiary alicyclic amines) is 1. The number of benzene rings is 1. The van der Waals surface area contributed by atoms with Crippen LogP contribution in [0.3, 0.4) is 0 Å². The van der Waals surface area contributed by atoms with Crippen molar-refractivity contribution in [1.29, 1.82) is 0 Å². The molecule has 0 bridgehead atoms. The molecule has 1 saturated heterocycles. The van der Waals surface area contributed by atoms with Crippen LogP contribution in [0.15, 0.2) is 29.2 Å². The molecule has 4 nitrogen and oxygen atoms in total. The van der Waals surface area contributed by atoms with Crippen LogP contribution in [0.25, 0.3) is 0 Å². The molecule has 110 valence electrons. The molecule has 0 aromatic heterocycles. The van der Waals surface area contributed by atoms with Gasteiger partial charge in [0, 0.05) is 36.7 Å². The van der Waals surface area contributed by atoms with Crippen LogP contribution in [-0.2, 0) is 4.74 Å². The highest BCUT2D eigenvalue weighted by molar-refractivity contribution is 7.98. The summed E-state index contributed by atoms with van der Waals surface area (Å²) in [6.07, 6.45) is 3.94. The Balaban J connectivity index is 2.10. The topological polar surface area (TPSA) is 55.6 Å². The number of hydrogen-bond acceptors (Lipinski definition) is 4. The molecule has 2 atom stereocenters. The zero-order chi connectivity index (χ0) is 14.5. The van der Waals surface area contributed by atoms with Crippen LogP contribution < -0.4 is 5.73 Å². The molecule has 0 saturated carbocycles. The third-order valence-corrected chi connectivity index (χ3v) is 4.61. The maximum absolute atomic E-state index is 12.6. The normalized spacial score (nSPS) is 22.9. The summed E-state index contributed by atoms with van der Waals surface area (Å²) in [5.74, 6) is 0.0719. The van der Waals surface area contributed by atoms with Crippen LogP contribution in [0.1, 0.15) is 23.2 Å². The lowest BCUT2D eigenvalue weighted by molar-refractivity contribution is 0.0139. The summed E-state index contributed by atoms with van der Waals surface area (Å²) in [6.45, 7) is 1.19. The van der Waals surface area contributed by atoms with Gasteiger partial charge in [-0.25, -0.2) is 0 Å². The van der Waals surface area contributed by atoms with Gasteiger partial charge >= 0.3 is 0 Å². The number of thioether (sulfide) groups is 1. The van der Waals surface area contributed by atoms with Crippen molar-refractivity contribution in [3.63, 3.8) is 0 Å². The largest absolute Gasteiger partial charge is 0.381 e. The first-order valence-electron chi connectivity index (χ1n) is 6.87. The third-order valence-electron chi connectivity index (χ3n) is 3.87. The molecule has 2 unspecified atom stereocenters. The van der Waals surface area contributed by atoms with E-state index in [4.69, 9.17) is 10.5 Å². The average molecular weight is 294 g/mol. The zero-order valence-corrected chi connectivity index (χ0v) is 12.9. The van der Waals surface area contributed by atoms with Gasteiger partial charge in [-0.15, -0.1) is 11.8 Å². The summed E-state index contributed by atoms with van der Waals surface area (Å²) in [5.41, 5.74) is 6.55. The number of carbonyl (C=O) groups excluding carboxylic acids is 1. The average Bonchev–Trinajstić information content (AvgIpc) is 2.53. The van der Waals surface area contributed by atoms with Crippen molar-refractivity contribution in [2.45, 2.75) is 29.9 Å². The summed E-state index contributed by atoms with van der Waals surface area (Å²) >= 11 is 1.67. The van der Waals surface area contributed by atoms with Gasteiger partial charge in [-0.3, -0.25) is 4.79 Å². The maximum Gasteiger partial charge on any atom is 0.254 e. The standard InChI is InChI=1S/C15H22N2O2S/c1-19-13-7-8-17(12(9-13)10-16)15(18)11-3-5-14(20-2)6-4-11/h3-6,12-13H,7-10,16H2,1-2H3. The molecule has 1 heterocycles. The van der Waals surface area contributed by atoms with Gasteiger partial charge in [-0.05, 0) is 43.4 Å². The fourth-order valence-corrected chi connectivity index (χ4v) is 3.03. The molecular formula is C15H22N2O2S. The smallest absolute Gasteiger partial charge is 0.254 e. The number of methoxy groups -OCH3 is 1. The lowest BCUT2D eigenvalue weighted by Gasteiger charge is -2.38. The van der Waals surface area contributed by atoms with Gasteiger partial charge in [0.25, 0.3) is 5.91 Å². The second-order valence-electron chi connectivity index (χ2n) is 5.00. The van der Waals surface area contributed by atoms with Gasteiger partial charge in [0.15, 0.2) is 0 Å². The van der Waals surface area contributed by atoms with Gasteiger partial charge in [0.1, 0.15) is 0 Å². The predicted octanol–water partition coefficient (Wildman–Crippen LogP) is 1.99. The Morgan fingerprint density at radius 3 is 2.70 bits per heavy atom. The molecule has 1 aromatic rings. The van der Waals surface area contributed by atoms with E-state index < -0.39 is 0 Å². The van der Waals surface area contributed by atoms with Crippen molar-refractivity contribution in [1.82, 2.24) is 4.90 Å². The number of carbonyl (C=O) groups is 1. The Morgan fingerprint density at radius 2 is 2.15 bits per heavy atom. The number of amides is 1. The SMILES string of the molecule is COC1CCN(C(=O)c2ccc(SC)cc2)C(CN)C1. The number of nitrogens with two attached hydrogens (primary N) is 1. The highest BCUT2D eigenvalue weighted by Gasteiger charge is 2.31. The fraction of sp³-hybridized carbons (Fsp3) is 0.533. The molecule has 2 N–H and O–H groups in total. The molecule has 0 aliphatic carbocycles. The number of ether oxygens (including phenoxy) is 1. The van der Waals surface area contributed by atoms with Crippen LogP contribution in [0.4, 0.5) is 0 Å². The Hall–Kier alpha value is -1.04. The van der Waals surface area contributed by atoms with Crippen molar-refractivity contribution in [2.75, 3.05) is 26.5 Å². The van der Waals surface area contributed by atoms with E-state index in [9.17, 15) is 4.79 Å². The molecule has 1 aliphatic rings. The third kappa shape index (κ3) is 3.34. The Kier molecular flexibility index (Phi) is 5.46. The minimum absolute atomic E-state index is 0.0708. The molecule has 1 aromatic carbocycles. The molecule has 1 fully saturated rings. The van der Waals surface area contributed by atoms with Gasteiger partial charge in [0.2, 0.25) is 0 Å². The zero-order valence-electron chi connectivity index (χ0n) is 12.0. The van der Waals surface area contributed by atoms with Crippen LogP contribution in [-0.4, -0.2) is 49.4 Å². The first-order valence-corrected chi connectivity index (χ1v) is 8.10. The monoisotopic (exact) mass is 294 g/mol. The first-order chi connectivity index (χ1) is 9.69. The number of rotatable bonds is 4. The van der Waals surface area contributed by atoms with Gasteiger partial charge < -0.3 is 15.4 Å². The van der Waals surface area contributed by atoms with Crippen molar-refractivity contribution in [3.05, 3.63) is 29.8 Å². The van der Waals surface area contributed by atoms with E-state index in [2.05, 4.69) is 0 Å². The van der Waals surface area contributed by atoms with Crippen molar-refractivity contribution in [2.24, 2.45) is 5.73 Å². The van der Waals surface area contributed by atoms with Crippen LogP contribution in [0, 0.1) is 0 Å². The lowest BCUT2D eigenvalue weighted by Crippen LogP contribution is -2.51. The number of piperidine rings is 1. The second kappa shape index (κ2) is 7.11. The van der Waals surface area contributed by atoms with Crippen molar-refractivity contribution in [3.8, 4) is 0 Å². The molecular weight excluding hydrogens is 272 g/mol. The molecule has 20 heavy (non-hydrogen) atoms. The van der Waals surface area contributed by atoms with Crippen molar-refractivity contribution >= 4 is 17.7 Å². The quantitative estimate of drug-likeness (QED) is 0.863. The Bertz CT molecular complexity index is 450. The summed E-state index contributed by atoms with van der Waals surface area (Å²) in [7, 11) is 1.72. The minimum Gasteiger partial charge on any atom is -0.381 e. The highest BCUT2D eigenvalue weighted by atomic mass is 32.2. The number of nitrogens with zero attached hydrogens (tertiary/aromatic N) is 1. The molecule has 5 heteroatoms. The summed E-state index contributed by atoms with van der Waals surface area (Å²) in [5, 5.41) is 0. The van der Waals surface area contributed by atoms with E-state index in [1.54, 1.807) is 18.9 Å². The van der Waals surface area contributed by atoms with E-state index in [1.165, 1.54) is 0 Å². The van der Waals surface area contributed by atoms with E-state index in [-0.39, 0.29) is 18.1 Å². The molecule has 0 radical (unpaired) electrons. The molecule has 1 amide bonds. The fourth-order valence-electron chi connectivity index (χ4n) is 2.62. The van der Waals surface area contributed by atoms with E-state index >= 15 is 0 Å². The minimum atomic E-state index is 0.0708. The molecule has 0 spiro atoms. The van der Waals surface area contributed by atoms with E-state index in [1.807, 2.05) is 35.4 Å². The highest BCUT2D eigenvalue weighted by Crippen LogP contribution is 2.22. The Labute approximate surface area is 124 Å². The molecule has 2 rings (SSSR count). The second-order valence-corrected chi connectivity index (χ2v) is 5.88. The van der Waals surface area contributed by atoms with E-state index in [0.717, 1.165) is 23.3 Å². The summed E-state index contributed by atoms with van der Waals surface area (Å²) < 4.78 is 5.39. The van der Waals surface area contributed by atoms with E-state index in [0.29, 0.717) is 13.1 Å². The predicted molar refractivity (Wildman–Crippen MR) is 82.1 cm³/mol. The maximum atomic E-state index is 12.6. The van der Waals surface area contributed by atoms with Crippen LogP contribution in [0.2, 0.25) is 0 Å². The van der Waals surface area contributed by atoms with Gasteiger partial charge in [-0.1, -0.05) is 0 Å².